The third-order valence-corrected chi connectivity index (χ3v) is 6.82. The molecule has 0 spiro atoms. The first-order valence-corrected chi connectivity index (χ1v) is 13.5. The summed E-state index contributed by atoms with van der Waals surface area (Å²) in [5.41, 5.74) is 13.9. The number of carbonyl (C=O) groups is 1. The highest BCUT2D eigenvalue weighted by atomic mass is 16.5. The predicted octanol–water partition coefficient (Wildman–Crippen LogP) is 5.33. The van der Waals surface area contributed by atoms with Crippen LogP contribution in [0.25, 0.3) is 16.6 Å². The smallest absolute Gasteiger partial charge is 0.319 e. The number of amidine groups is 1. The number of fused-ring (bicyclic) bond motifs is 1. The van der Waals surface area contributed by atoms with Gasteiger partial charge in [0.15, 0.2) is 0 Å². The summed E-state index contributed by atoms with van der Waals surface area (Å²) in [7, 11) is 0. The Kier molecular flexibility index (Phi) is 8.07. The number of rotatable bonds is 9. The van der Waals surface area contributed by atoms with E-state index in [2.05, 4.69) is 40.1 Å². The Balaban J connectivity index is 1.49. The minimum atomic E-state index is -0.205. The molecule has 39 heavy (non-hydrogen) atoms. The molecule has 202 valence electrons. The van der Waals surface area contributed by atoms with Gasteiger partial charge in [0, 0.05) is 30.6 Å². The highest BCUT2D eigenvalue weighted by Crippen LogP contribution is 2.31. The Morgan fingerprint density at radius 3 is 2.72 bits per heavy atom. The third-order valence-electron chi connectivity index (χ3n) is 6.82. The molecule has 3 heterocycles. The standard InChI is InChI=1S/C30H35N7O2/c1-3-14-32-30(38)35-23-11-9-21(10-12-23)22-16-27-28(34-24-13-15-39-19-24)25(17-33-37(27)18-22)29(31)36-26-8-6-5-7-20(26)4-2/h5-12,16-18,24,34H,3-4,13-15,19H2,1-2H3,(H2,31,36)(H2,32,35,38). The first-order valence-electron chi connectivity index (χ1n) is 13.5. The van der Waals surface area contributed by atoms with Crippen LogP contribution in [0.3, 0.4) is 0 Å². The fourth-order valence-corrected chi connectivity index (χ4v) is 4.68. The number of ether oxygens (including phenoxy) is 1. The van der Waals surface area contributed by atoms with Crippen molar-refractivity contribution in [3.8, 4) is 11.1 Å². The van der Waals surface area contributed by atoms with Crippen molar-refractivity contribution in [2.45, 2.75) is 39.2 Å². The molecular formula is C30H35N7O2. The van der Waals surface area contributed by atoms with Crippen molar-refractivity contribution in [3.05, 3.63) is 78.1 Å². The van der Waals surface area contributed by atoms with Gasteiger partial charge in [0.1, 0.15) is 5.84 Å². The first kappa shape index (κ1) is 26.2. The number of urea groups is 1. The highest BCUT2D eigenvalue weighted by molar-refractivity contribution is 6.06. The molecule has 9 nitrogen and oxygen atoms in total. The molecule has 2 aromatic carbocycles. The normalized spacial score (nSPS) is 15.4. The van der Waals surface area contributed by atoms with Crippen LogP contribution in [-0.4, -0.2) is 47.3 Å². The average Bonchev–Trinajstić information content (AvgIpc) is 3.63. The number of hydrogen-bond donors (Lipinski definition) is 4. The SMILES string of the molecule is CCCNC(=O)Nc1ccc(-c2cc3c(NC4CCOC4)c(C(N)=Nc4ccccc4CC)cnn3c2)cc1. The maximum atomic E-state index is 12.0. The Hall–Kier alpha value is -4.37. The van der Waals surface area contributed by atoms with Gasteiger partial charge in [-0.3, -0.25) is 0 Å². The van der Waals surface area contributed by atoms with Crippen molar-refractivity contribution in [2.24, 2.45) is 10.7 Å². The summed E-state index contributed by atoms with van der Waals surface area (Å²) in [6.07, 6.45) is 6.43. The summed E-state index contributed by atoms with van der Waals surface area (Å²) in [5.74, 6) is 0.409. The number of nitrogens with one attached hydrogen (secondary N) is 3. The predicted molar refractivity (Wildman–Crippen MR) is 157 cm³/mol. The van der Waals surface area contributed by atoms with Gasteiger partial charge in [-0.1, -0.05) is 44.2 Å². The second-order valence-electron chi connectivity index (χ2n) is 9.63. The number of nitrogens with zero attached hydrogens (tertiary/aromatic N) is 3. The van der Waals surface area contributed by atoms with E-state index in [0.29, 0.717) is 19.0 Å². The molecule has 1 saturated heterocycles. The summed E-state index contributed by atoms with van der Waals surface area (Å²) in [6.45, 7) is 6.13. The number of nitrogens with two attached hydrogens (primary N) is 1. The van der Waals surface area contributed by atoms with Crippen LogP contribution in [-0.2, 0) is 11.2 Å². The van der Waals surface area contributed by atoms with Gasteiger partial charge < -0.3 is 26.4 Å². The van der Waals surface area contributed by atoms with Gasteiger partial charge in [-0.05, 0) is 54.7 Å². The molecule has 0 radical (unpaired) electrons. The monoisotopic (exact) mass is 525 g/mol. The zero-order chi connectivity index (χ0) is 27.2. The van der Waals surface area contributed by atoms with E-state index in [1.54, 1.807) is 6.20 Å². The van der Waals surface area contributed by atoms with E-state index in [9.17, 15) is 4.79 Å². The molecule has 0 saturated carbocycles. The minimum Gasteiger partial charge on any atom is -0.383 e. The molecule has 1 aliphatic rings. The lowest BCUT2D eigenvalue weighted by atomic mass is 10.1. The molecular weight excluding hydrogens is 490 g/mol. The molecule has 9 heteroatoms. The molecule has 1 fully saturated rings. The van der Waals surface area contributed by atoms with Gasteiger partial charge in [-0.2, -0.15) is 5.10 Å². The van der Waals surface area contributed by atoms with Gasteiger partial charge in [-0.15, -0.1) is 0 Å². The average molecular weight is 526 g/mol. The Morgan fingerprint density at radius 1 is 1.15 bits per heavy atom. The van der Waals surface area contributed by atoms with Gasteiger partial charge >= 0.3 is 6.03 Å². The van der Waals surface area contributed by atoms with E-state index < -0.39 is 0 Å². The van der Waals surface area contributed by atoms with E-state index in [1.165, 1.54) is 0 Å². The van der Waals surface area contributed by atoms with Crippen LogP contribution >= 0.6 is 0 Å². The number of carbonyl (C=O) groups excluding carboxylic acids is 1. The molecule has 5 rings (SSSR count). The van der Waals surface area contributed by atoms with Crippen LogP contribution in [0.2, 0.25) is 0 Å². The Morgan fingerprint density at radius 2 is 1.97 bits per heavy atom. The number of anilines is 2. The van der Waals surface area contributed by atoms with Crippen molar-refractivity contribution in [1.29, 1.82) is 0 Å². The van der Waals surface area contributed by atoms with Gasteiger partial charge in [-0.25, -0.2) is 14.3 Å². The second-order valence-corrected chi connectivity index (χ2v) is 9.63. The van der Waals surface area contributed by atoms with Gasteiger partial charge in [0.05, 0.1) is 41.3 Å². The fourth-order valence-electron chi connectivity index (χ4n) is 4.68. The molecule has 0 aliphatic carbocycles. The first-order chi connectivity index (χ1) is 19.1. The van der Waals surface area contributed by atoms with Crippen molar-refractivity contribution >= 4 is 34.4 Å². The summed E-state index contributed by atoms with van der Waals surface area (Å²) in [4.78, 5) is 16.8. The highest BCUT2D eigenvalue weighted by Gasteiger charge is 2.21. The summed E-state index contributed by atoms with van der Waals surface area (Å²) >= 11 is 0. The molecule has 0 bridgehead atoms. The zero-order valence-electron chi connectivity index (χ0n) is 22.4. The largest absolute Gasteiger partial charge is 0.383 e. The van der Waals surface area contributed by atoms with Gasteiger partial charge in [0.2, 0.25) is 0 Å². The lowest BCUT2D eigenvalue weighted by molar-refractivity contribution is 0.195. The van der Waals surface area contributed by atoms with E-state index >= 15 is 0 Å². The number of hydrogen-bond acceptors (Lipinski definition) is 5. The van der Waals surface area contributed by atoms with E-state index in [1.807, 2.05) is 60.1 Å². The molecule has 1 aliphatic heterocycles. The second kappa shape index (κ2) is 12.0. The number of aryl methyl sites for hydroxylation is 1. The quantitative estimate of drug-likeness (QED) is 0.174. The lowest BCUT2D eigenvalue weighted by Gasteiger charge is -2.17. The summed E-state index contributed by atoms with van der Waals surface area (Å²) in [6, 6.07) is 17.9. The molecule has 2 aromatic heterocycles. The number of aromatic nitrogens is 2. The Labute approximate surface area is 228 Å². The number of aliphatic imine (C=N–C) groups is 1. The van der Waals surface area contributed by atoms with E-state index in [4.69, 9.17) is 15.5 Å². The molecule has 4 aromatic rings. The molecule has 5 N–H and O–H groups in total. The fraction of sp³-hybridized carbons (Fsp3) is 0.300. The maximum absolute atomic E-state index is 12.0. The van der Waals surface area contributed by atoms with Crippen molar-refractivity contribution in [1.82, 2.24) is 14.9 Å². The summed E-state index contributed by atoms with van der Waals surface area (Å²) in [5, 5.41) is 14.0. The minimum absolute atomic E-state index is 0.174. The maximum Gasteiger partial charge on any atom is 0.319 e. The lowest BCUT2D eigenvalue weighted by Crippen LogP contribution is -2.29. The summed E-state index contributed by atoms with van der Waals surface area (Å²) < 4.78 is 7.48. The van der Waals surface area contributed by atoms with Gasteiger partial charge in [0.25, 0.3) is 0 Å². The Bertz CT molecular complexity index is 1470. The van der Waals surface area contributed by atoms with Crippen LogP contribution in [0.1, 0.15) is 37.8 Å². The number of amides is 2. The molecule has 2 amide bonds. The third kappa shape index (κ3) is 6.04. The van der Waals surface area contributed by atoms with Crippen LogP contribution in [0.15, 0.2) is 72.0 Å². The van der Waals surface area contributed by atoms with Crippen LogP contribution in [0, 0.1) is 0 Å². The van der Waals surface area contributed by atoms with E-state index in [-0.39, 0.29) is 12.1 Å². The van der Waals surface area contributed by atoms with Crippen LogP contribution in [0.5, 0.6) is 0 Å². The number of benzene rings is 2. The van der Waals surface area contributed by atoms with Crippen molar-refractivity contribution in [3.63, 3.8) is 0 Å². The van der Waals surface area contributed by atoms with Crippen molar-refractivity contribution in [2.75, 3.05) is 30.4 Å². The van der Waals surface area contributed by atoms with Crippen LogP contribution in [0.4, 0.5) is 21.9 Å². The zero-order valence-corrected chi connectivity index (χ0v) is 22.4. The van der Waals surface area contributed by atoms with Crippen LogP contribution < -0.4 is 21.7 Å². The molecule has 1 atom stereocenters. The van der Waals surface area contributed by atoms with Crippen molar-refractivity contribution < 1.29 is 9.53 Å². The molecule has 1 unspecified atom stereocenters. The number of para-hydroxylation sites is 1. The topological polar surface area (TPSA) is 118 Å². The van der Waals surface area contributed by atoms with E-state index in [0.717, 1.165) is 70.7 Å².